The molecule has 0 amide bonds. The molecule has 0 spiro atoms. The van der Waals surface area contributed by atoms with Crippen LogP contribution >= 0.6 is 0 Å². The van der Waals surface area contributed by atoms with Gasteiger partial charge in [0.25, 0.3) is 0 Å². The molecule has 0 aliphatic carbocycles. The number of ether oxygens (including phenoxy) is 2. The van der Waals surface area contributed by atoms with Crippen molar-refractivity contribution in [3.63, 3.8) is 0 Å². The summed E-state index contributed by atoms with van der Waals surface area (Å²) < 4.78 is 11.6. The average Bonchev–Trinajstić information content (AvgIpc) is 2.76. The number of benzene rings is 1. The first-order valence-electron chi connectivity index (χ1n) is 9.70. The van der Waals surface area contributed by atoms with E-state index < -0.39 is 0 Å². The molecule has 4 rings (SSSR count). The van der Waals surface area contributed by atoms with E-state index in [0.29, 0.717) is 18.4 Å². The number of pyridine rings is 1. The first kappa shape index (κ1) is 19.3. The molecule has 150 valence electrons. The van der Waals surface area contributed by atoms with Gasteiger partial charge in [-0.1, -0.05) is 18.2 Å². The van der Waals surface area contributed by atoms with Crippen LogP contribution in [0.2, 0.25) is 0 Å². The SMILES string of the molecule is COc1cc(C)ccc1CN1CCO[C@H](c2cccc(Nc3ncccn3)n2)C1. The average molecular weight is 391 g/mol. The second-order valence-electron chi connectivity index (χ2n) is 7.05. The Morgan fingerprint density at radius 1 is 1.17 bits per heavy atom. The summed E-state index contributed by atoms with van der Waals surface area (Å²) in [4.78, 5) is 15.5. The lowest BCUT2D eigenvalue weighted by atomic mass is 10.1. The Morgan fingerprint density at radius 2 is 2.03 bits per heavy atom. The van der Waals surface area contributed by atoms with E-state index >= 15 is 0 Å². The molecule has 0 saturated carbocycles. The monoisotopic (exact) mass is 391 g/mol. The van der Waals surface area contributed by atoms with Gasteiger partial charge in [-0.05, 0) is 36.8 Å². The minimum absolute atomic E-state index is 0.0846. The largest absolute Gasteiger partial charge is 0.496 e. The zero-order valence-corrected chi connectivity index (χ0v) is 16.7. The van der Waals surface area contributed by atoms with Gasteiger partial charge in [-0.15, -0.1) is 0 Å². The van der Waals surface area contributed by atoms with Crippen LogP contribution in [0.1, 0.15) is 22.9 Å². The van der Waals surface area contributed by atoms with Crippen LogP contribution in [0.3, 0.4) is 0 Å². The van der Waals surface area contributed by atoms with Gasteiger partial charge in [0.1, 0.15) is 17.7 Å². The molecule has 1 aromatic carbocycles. The standard InChI is InChI=1S/C22H25N5O2/c1-16-7-8-17(19(13-16)28-2)14-27-11-12-29-20(15-27)18-5-3-6-21(25-18)26-22-23-9-4-10-24-22/h3-10,13,20H,11-12,14-15H2,1-2H3,(H,23,24,25,26)/t20-/m0/s1. The van der Waals surface area contributed by atoms with Gasteiger partial charge in [0.15, 0.2) is 0 Å². The van der Waals surface area contributed by atoms with Gasteiger partial charge in [0.05, 0.1) is 19.4 Å². The molecule has 7 heteroatoms. The fourth-order valence-corrected chi connectivity index (χ4v) is 3.43. The normalized spacial score (nSPS) is 17.1. The van der Waals surface area contributed by atoms with E-state index in [1.165, 1.54) is 11.1 Å². The number of morpholine rings is 1. The lowest BCUT2D eigenvalue weighted by Gasteiger charge is -2.33. The number of nitrogens with zero attached hydrogens (tertiary/aromatic N) is 4. The molecular weight excluding hydrogens is 366 g/mol. The highest BCUT2D eigenvalue weighted by atomic mass is 16.5. The van der Waals surface area contributed by atoms with Crippen LogP contribution in [0.15, 0.2) is 54.9 Å². The fourth-order valence-electron chi connectivity index (χ4n) is 3.43. The predicted octanol–water partition coefficient (Wildman–Crippen LogP) is 3.51. The number of hydrogen-bond donors (Lipinski definition) is 1. The summed E-state index contributed by atoms with van der Waals surface area (Å²) in [6.07, 6.45) is 3.31. The van der Waals surface area contributed by atoms with Gasteiger partial charge in [0.2, 0.25) is 5.95 Å². The maximum atomic E-state index is 6.02. The molecule has 3 aromatic rings. The number of aryl methyl sites for hydroxylation is 1. The maximum absolute atomic E-state index is 6.02. The van der Waals surface area contributed by atoms with E-state index in [0.717, 1.165) is 31.1 Å². The molecule has 1 fully saturated rings. The molecule has 1 aliphatic rings. The van der Waals surface area contributed by atoms with Crippen molar-refractivity contribution in [3.05, 3.63) is 71.7 Å². The highest BCUT2D eigenvalue weighted by molar-refractivity contribution is 5.47. The number of nitrogens with one attached hydrogen (secondary N) is 1. The Hall–Kier alpha value is -3.03. The third-order valence-corrected chi connectivity index (χ3v) is 4.89. The first-order chi connectivity index (χ1) is 14.2. The molecule has 0 unspecified atom stereocenters. The van der Waals surface area contributed by atoms with Crippen LogP contribution < -0.4 is 10.1 Å². The summed E-state index contributed by atoms with van der Waals surface area (Å²) in [5.74, 6) is 2.16. The molecule has 0 radical (unpaired) electrons. The highest BCUT2D eigenvalue weighted by Crippen LogP contribution is 2.26. The van der Waals surface area contributed by atoms with E-state index in [4.69, 9.17) is 14.5 Å². The summed E-state index contributed by atoms with van der Waals surface area (Å²) >= 11 is 0. The second-order valence-corrected chi connectivity index (χ2v) is 7.05. The van der Waals surface area contributed by atoms with Crippen LogP contribution in [0, 0.1) is 6.92 Å². The number of rotatable bonds is 6. The Kier molecular flexibility index (Phi) is 5.97. The van der Waals surface area contributed by atoms with E-state index in [1.54, 1.807) is 25.6 Å². The van der Waals surface area contributed by atoms with Gasteiger partial charge in [0, 0.05) is 37.6 Å². The molecule has 1 saturated heterocycles. The number of aromatic nitrogens is 3. The third-order valence-electron chi connectivity index (χ3n) is 4.89. The van der Waals surface area contributed by atoms with Crippen molar-refractivity contribution in [3.8, 4) is 5.75 Å². The van der Waals surface area contributed by atoms with Crippen LogP contribution in [-0.4, -0.2) is 46.7 Å². The van der Waals surface area contributed by atoms with Gasteiger partial charge in [-0.25, -0.2) is 15.0 Å². The van der Waals surface area contributed by atoms with Gasteiger partial charge < -0.3 is 14.8 Å². The highest BCUT2D eigenvalue weighted by Gasteiger charge is 2.24. The predicted molar refractivity (Wildman–Crippen MR) is 111 cm³/mol. The summed E-state index contributed by atoms with van der Waals surface area (Å²) in [6, 6.07) is 14.0. The van der Waals surface area contributed by atoms with E-state index in [9.17, 15) is 0 Å². The summed E-state index contributed by atoms with van der Waals surface area (Å²) in [5, 5.41) is 3.14. The Labute approximate surface area is 170 Å². The molecule has 7 nitrogen and oxygen atoms in total. The molecular formula is C22H25N5O2. The Morgan fingerprint density at radius 3 is 2.86 bits per heavy atom. The number of methoxy groups -OCH3 is 1. The van der Waals surface area contributed by atoms with Crippen molar-refractivity contribution >= 4 is 11.8 Å². The quantitative estimate of drug-likeness (QED) is 0.689. The summed E-state index contributed by atoms with van der Waals surface area (Å²) in [7, 11) is 1.72. The Balaban J connectivity index is 1.45. The lowest BCUT2D eigenvalue weighted by molar-refractivity contribution is -0.0350. The van der Waals surface area contributed by atoms with Crippen LogP contribution in [0.4, 0.5) is 11.8 Å². The van der Waals surface area contributed by atoms with Crippen molar-refractivity contribution in [2.75, 3.05) is 32.1 Å². The van der Waals surface area contributed by atoms with E-state index in [2.05, 4.69) is 45.3 Å². The van der Waals surface area contributed by atoms with Crippen molar-refractivity contribution in [2.45, 2.75) is 19.6 Å². The van der Waals surface area contributed by atoms with Gasteiger partial charge in [-0.2, -0.15) is 0 Å². The molecule has 0 bridgehead atoms. The minimum atomic E-state index is -0.0846. The zero-order valence-electron chi connectivity index (χ0n) is 16.7. The van der Waals surface area contributed by atoms with Crippen LogP contribution in [-0.2, 0) is 11.3 Å². The van der Waals surface area contributed by atoms with E-state index in [-0.39, 0.29) is 6.10 Å². The van der Waals surface area contributed by atoms with Crippen LogP contribution in [0.5, 0.6) is 5.75 Å². The molecule has 2 aromatic heterocycles. The molecule has 1 atom stereocenters. The molecule has 1 aliphatic heterocycles. The topological polar surface area (TPSA) is 72.4 Å². The first-order valence-corrected chi connectivity index (χ1v) is 9.70. The van der Waals surface area contributed by atoms with Gasteiger partial charge in [-0.3, -0.25) is 4.90 Å². The fraction of sp³-hybridized carbons (Fsp3) is 0.318. The zero-order chi connectivity index (χ0) is 20.1. The van der Waals surface area contributed by atoms with Crippen molar-refractivity contribution in [2.24, 2.45) is 0 Å². The second kappa shape index (κ2) is 8.98. The van der Waals surface area contributed by atoms with Gasteiger partial charge >= 0.3 is 0 Å². The third kappa shape index (κ3) is 4.88. The smallest absolute Gasteiger partial charge is 0.228 e. The van der Waals surface area contributed by atoms with Crippen LogP contribution in [0.25, 0.3) is 0 Å². The summed E-state index contributed by atoms with van der Waals surface area (Å²) in [5.41, 5.74) is 3.27. The van der Waals surface area contributed by atoms with Crippen molar-refractivity contribution in [1.29, 1.82) is 0 Å². The van der Waals surface area contributed by atoms with Crippen molar-refractivity contribution in [1.82, 2.24) is 19.9 Å². The molecule has 3 heterocycles. The molecule has 29 heavy (non-hydrogen) atoms. The van der Waals surface area contributed by atoms with E-state index in [1.807, 2.05) is 18.2 Å². The number of hydrogen-bond acceptors (Lipinski definition) is 7. The number of anilines is 2. The lowest BCUT2D eigenvalue weighted by Crippen LogP contribution is -2.38. The van der Waals surface area contributed by atoms with Crippen molar-refractivity contribution < 1.29 is 9.47 Å². The summed E-state index contributed by atoms with van der Waals surface area (Å²) in [6.45, 7) is 5.21. The minimum Gasteiger partial charge on any atom is -0.496 e. The Bertz CT molecular complexity index is 951. The maximum Gasteiger partial charge on any atom is 0.228 e. The molecule has 1 N–H and O–H groups in total.